The molecule has 0 radical (unpaired) electrons. The van der Waals surface area contributed by atoms with E-state index >= 15 is 0 Å². The summed E-state index contributed by atoms with van der Waals surface area (Å²) < 4.78 is 18.7. The highest BCUT2D eigenvalue weighted by Gasteiger charge is 2.23. The summed E-state index contributed by atoms with van der Waals surface area (Å²) in [5.74, 6) is 0.305. The van der Waals surface area contributed by atoms with Crippen molar-refractivity contribution in [2.45, 2.75) is 45.6 Å². The highest BCUT2D eigenvalue weighted by Crippen LogP contribution is 2.21. The fraction of sp³-hybridized carbons (Fsp3) is 0.562. The van der Waals surface area contributed by atoms with Gasteiger partial charge in [0.05, 0.1) is 0 Å². The van der Waals surface area contributed by atoms with Crippen LogP contribution < -0.4 is 4.74 Å². The van der Waals surface area contributed by atoms with Gasteiger partial charge in [-0.2, -0.15) is 0 Å². The van der Waals surface area contributed by atoms with E-state index in [1.807, 2.05) is 4.90 Å². The number of halogens is 1. The molecule has 1 aliphatic heterocycles. The second-order valence-corrected chi connectivity index (χ2v) is 5.41. The van der Waals surface area contributed by atoms with Gasteiger partial charge in [-0.05, 0) is 50.5 Å². The quantitative estimate of drug-likeness (QED) is 0.849. The molecule has 1 saturated heterocycles. The van der Waals surface area contributed by atoms with Crippen LogP contribution in [0, 0.1) is 12.7 Å². The van der Waals surface area contributed by atoms with E-state index in [0.29, 0.717) is 11.3 Å². The number of amides is 1. The highest BCUT2D eigenvalue weighted by atomic mass is 19.1. The van der Waals surface area contributed by atoms with Crippen LogP contribution in [0.2, 0.25) is 0 Å². The molecule has 1 unspecified atom stereocenters. The molecule has 0 saturated carbocycles. The van der Waals surface area contributed by atoms with E-state index in [2.05, 4.69) is 0 Å². The summed E-state index contributed by atoms with van der Waals surface area (Å²) in [6.07, 6.45) is 3.98. The van der Waals surface area contributed by atoms with E-state index < -0.39 is 6.10 Å². The molecule has 1 aliphatic rings. The van der Waals surface area contributed by atoms with Gasteiger partial charge in [0, 0.05) is 13.1 Å². The maximum absolute atomic E-state index is 13.0. The van der Waals surface area contributed by atoms with E-state index in [1.54, 1.807) is 19.9 Å². The van der Waals surface area contributed by atoms with Crippen LogP contribution in [-0.4, -0.2) is 30.0 Å². The molecule has 110 valence electrons. The van der Waals surface area contributed by atoms with Crippen molar-refractivity contribution in [2.24, 2.45) is 0 Å². The number of nitrogens with zero attached hydrogens (tertiary/aromatic N) is 1. The Morgan fingerprint density at radius 1 is 1.25 bits per heavy atom. The molecule has 4 heteroatoms. The van der Waals surface area contributed by atoms with E-state index in [-0.39, 0.29) is 11.7 Å². The molecule has 20 heavy (non-hydrogen) atoms. The maximum atomic E-state index is 13.0. The average molecular weight is 279 g/mol. The van der Waals surface area contributed by atoms with Crippen LogP contribution in [0.25, 0.3) is 0 Å². The number of carbonyl (C=O) groups excluding carboxylic acids is 1. The Bertz CT molecular complexity index is 468. The van der Waals surface area contributed by atoms with Gasteiger partial charge < -0.3 is 9.64 Å². The predicted molar refractivity (Wildman–Crippen MR) is 76.3 cm³/mol. The van der Waals surface area contributed by atoms with Crippen molar-refractivity contribution in [1.29, 1.82) is 0 Å². The summed E-state index contributed by atoms with van der Waals surface area (Å²) in [6.45, 7) is 5.17. The summed E-state index contributed by atoms with van der Waals surface area (Å²) in [5.41, 5.74) is 0.709. The molecule has 2 rings (SSSR count). The fourth-order valence-corrected chi connectivity index (χ4v) is 2.53. The molecule has 0 aromatic heterocycles. The lowest BCUT2D eigenvalue weighted by atomic mass is 10.2. The zero-order valence-electron chi connectivity index (χ0n) is 12.2. The molecule has 1 amide bonds. The van der Waals surface area contributed by atoms with Crippen LogP contribution in [0.1, 0.15) is 38.2 Å². The number of ether oxygens (including phenoxy) is 1. The van der Waals surface area contributed by atoms with Crippen molar-refractivity contribution in [1.82, 2.24) is 4.90 Å². The molecule has 0 N–H and O–H groups in total. The third-order valence-electron chi connectivity index (χ3n) is 3.71. The minimum atomic E-state index is -0.530. The van der Waals surface area contributed by atoms with Crippen LogP contribution in [-0.2, 0) is 4.79 Å². The first kappa shape index (κ1) is 14.8. The largest absolute Gasteiger partial charge is 0.481 e. The summed E-state index contributed by atoms with van der Waals surface area (Å²) >= 11 is 0. The first-order chi connectivity index (χ1) is 9.58. The normalized spacial score (nSPS) is 17.4. The zero-order valence-corrected chi connectivity index (χ0v) is 12.2. The lowest BCUT2D eigenvalue weighted by Gasteiger charge is -2.25. The minimum absolute atomic E-state index is 0.0237. The van der Waals surface area contributed by atoms with Gasteiger partial charge in [0.15, 0.2) is 6.10 Å². The molecule has 1 fully saturated rings. The molecule has 0 spiro atoms. The number of likely N-dealkylation sites (tertiary alicyclic amines) is 1. The Morgan fingerprint density at radius 3 is 2.50 bits per heavy atom. The van der Waals surface area contributed by atoms with Crippen molar-refractivity contribution < 1.29 is 13.9 Å². The number of aryl methyl sites for hydroxylation is 1. The summed E-state index contributed by atoms with van der Waals surface area (Å²) in [6, 6.07) is 4.35. The lowest BCUT2D eigenvalue weighted by molar-refractivity contribution is -0.137. The number of carbonyl (C=O) groups is 1. The monoisotopic (exact) mass is 279 g/mol. The number of benzene rings is 1. The van der Waals surface area contributed by atoms with Crippen LogP contribution in [0.3, 0.4) is 0 Å². The minimum Gasteiger partial charge on any atom is -0.481 e. The average Bonchev–Trinajstić information content (AvgIpc) is 2.70. The number of rotatable bonds is 3. The maximum Gasteiger partial charge on any atom is 0.263 e. The first-order valence-electron chi connectivity index (χ1n) is 7.29. The Morgan fingerprint density at radius 2 is 1.90 bits per heavy atom. The summed E-state index contributed by atoms with van der Waals surface area (Å²) in [5, 5.41) is 0. The Kier molecular flexibility index (Phi) is 4.99. The van der Waals surface area contributed by atoms with Crippen molar-refractivity contribution >= 4 is 5.91 Å². The Hall–Kier alpha value is -1.58. The van der Waals surface area contributed by atoms with Crippen LogP contribution >= 0.6 is 0 Å². The first-order valence-corrected chi connectivity index (χ1v) is 7.29. The van der Waals surface area contributed by atoms with Gasteiger partial charge in [0.1, 0.15) is 11.6 Å². The van der Waals surface area contributed by atoms with Crippen molar-refractivity contribution in [3.8, 4) is 5.75 Å². The standard InChI is InChI=1S/C16H22FNO2/c1-12-11-14(17)7-8-15(12)20-13(2)16(19)18-9-5-3-4-6-10-18/h7-8,11,13H,3-6,9-10H2,1-2H3. The van der Waals surface area contributed by atoms with Gasteiger partial charge in [0.2, 0.25) is 0 Å². The molecule has 1 atom stereocenters. The molecule has 1 aromatic rings. The van der Waals surface area contributed by atoms with Gasteiger partial charge in [-0.25, -0.2) is 4.39 Å². The van der Waals surface area contributed by atoms with Gasteiger partial charge >= 0.3 is 0 Å². The van der Waals surface area contributed by atoms with Crippen molar-refractivity contribution in [3.63, 3.8) is 0 Å². The van der Waals surface area contributed by atoms with E-state index in [9.17, 15) is 9.18 Å². The fourth-order valence-electron chi connectivity index (χ4n) is 2.53. The Labute approximate surface area is 119 Å². The zero-order chi connectivity index (χ0) is 14.5. The molecule has 0 aliphatic carbocycles. The highest BCUT2D eigenvalue weighted by molar-refractivity contribution is 5.81. The SMILES string of the molecule is Cc1cc(F)ccc1OC(C)C(=O)N1CCCCCC1. The van der Waals surface area contributed by atoms with Crippen LogP contribution in [0.5, 0.6) is 5.75 Å². The summed E-state index contributed by atoms with van der Waals surface area (Å²) in [4.78, 5) is 14.2. The van der Waals surface area contributed by atoms with Crippen molar-refractivity contribution in [3.05, 3.63) is 29.6 Å². The van der Waals surface area contributed by atoms with Crippen LogP contribution in [0.15, 0.2) is 18.2 Å². The third-order valence-corrected chi connectivity index (χ3v) is 3.71. The predicted octanol–water partition coefficient (Wildman–Crippen LogP) is 3.30. The number of hydrogen-bond donors (Lipinski definition) is 0. The number of hydrogen-bond acceptors (Lipinski definition) is 2. The van der Waals surface area contributed by atoms with Crippen molar-refractivity contribution in [2.75, 3.05) is 13.1 Å². The van der Waals surface area contributed by atoms with E-state index in [0.717, 1.165) is 25.9 Å². The van der Waals surface area contributed by atoms with Gasteiger partial charge in [-0.15, -0.1) is 0 Å². The molecule has 0 bridgehead atoms. The van der Waals surface area contributed by atoms with Gasteiger partial charge in [-0.3, -0.25) is 4.79 Å². The van der Waals surface area contributed by atoms with E-state index in [4.69, 9.17) is 4.74 Å². The second-order valence-electron chi connectivity index (χ2n) is 5.41. The van der Waals surface area contributed by atoms with Gasteiger partial charge in [0.25, 0.3) is 5.91 Å². The topological polar surface area (TPSA) is 29.5 Å². The molecular formula is C16H22FNO2. The molecule has 1 aromatic carbocycles. The lowest BCUT2D eigenvalue weighted by Crippen LogP contribution is -2.41. The molecular weight excluding hydrogens is 257 g/mol. The molecule has 3 nitrogen and oxygen atoms in total. The second kappa shape index (κ2) is 6.73. The third kappa shape index (κ3) is 3.71. The van der Waals surface area contributed by atoms with E-state index in [1.165, 1.54) is 25.0 Å². The van der Waals surface area contributed by atoms with Crippen LogP contribution in [0.4, 0.5) is 4.39 Å². The summed E-state index contributed by atoms with van der Waals surface area (Å²) in [7, 11) is 0. The van der Waals surface area contributed by atoms with Gasteiger partial charge in [-0.1, -0.05) is 12.8 Å². The smallest absolute Gasteiger partial charge is 0.263 e. The molecule has 1 heterocycles. The Balaban J connectivity index is 1.99.